The molecule has 0 fully saturated rings. The van der Waals surface area contributed by atoms with Gasteiger partial charge in [0.05, 0.1) is 24.9 Å². The lowest BCUT2D eigenvalue weighted by molar-refractivity contribution is 0.112. The number of carbonyl (C=O) groups excluding carboxylic acids is 1. The molecule has 2 rings (SSSR count). The molecule has 0 atom stereocenters. The molecule has 0 saturated heterocycles. The van der Waals surface area contributed by atoms with Crippen molar-refractivity contribution in [2.45, 2.75) is 20.4 Å². The predicted molar refractivity (Wildman–Crippen MR) is 69.2 cm³/mol. The average Bonchev–Trinajstić information content (AvgIpc) is 2.64. The molecule has 1 aromatic heterocycles. The molecule has 0 radical (unpaired) electrons. The maximum Gasteiger partial charge on any atom is 0.153 e. The van der Waals surface area contributed by atoms with E-state index >= 15 is 0 Å². The van der Waals surface area contributed by atoms with E-state index in [-0.39, 0.29) is 0 Å². The second-order valence-electron chi connectivity index (χ2n) is 4.21. The number of hydrogen-bond donors (Lipinski definition) is 0. The van der Waals surface area contributed by atoms with E-state index in [1.807, 2.05) is 42.8 Å². The van der Waals surface area contributed by atoms with E-state index in [1.165, 1.54) is 0 Å². The summed E-state index contributed by atoms with van der Waals surface area (Å²) in [5.41, 5.74) is 3.44. The first kappa shape index (κ1) is 12.4. The van der Waals surface area contributed by atoms with Gasteiger partial charge in [-0.2, -0.15) is 5.10 Å². The average molecular weight is 244 g/mol. The summed E-state index contributed by atoms with van der Waals surface area (Å²) in [4.78, 5) is 10.9. The first-order chi connectivity index (χ1) is 8.65. The highest BCUT2D eigenvalue weighted by Crippen LogP contribution is 2.16. The van der Waals surface area contributed by atoms with Gasteiger partial charge < -0.3 is 4.74 Å². The molecule has 2 aromatic rings. The molecule has 0 bridgehead atoms. The van der Waals surface area contributed by atoms with Crippen molar-refractivity contribution < 1.29 is 9.53 Å². The third kappa shape index (κ3) is 2.27. The minimum absolute atomic E-state index is 0.637. The summed E-state index contributed by atoms with van der Waals surface area (Å²) in [6, 6.07) is 7.83. The van der Waals surface area contributed by atoms with Gasteiger partial charge in [-0.1, -0.05) is 12.1 Å². The van der Waals surface area contributed by atoms with Crippen molar-refractivity contribution in [2.75, 3.05) is 7.11 Å². The van der Waals surface area contributed by atoms with Gasteiger partial charge >= 0.3 is 0 Å². The van der Waals surface area contributed by atoms with Crippen molar-refractivity contribution in [1.29, 1.82) is 0 Å². The number of nitrogens with zero attached hydrogens (tertiary/aromatic N) is 2. The zero-order valence-electron chi connectivity index (χ0n) is 10.8. The molecule has 1 aromatic carbocycles. The minimum atomic E-state index is 0.637. The number of aryl methyl sites for hydroxylation is 1. The van der Waals surface area contributed by atoms with Gasteiger partial charge in [0.1, 0.15) is 5.75 Å². The second-order valence-corrected chi connectivity index (χ2v) is 4.21. The zero-order chi connectivity index (χ0) is 13.1. The largest absolute Gasteiger partial charge is 0.497 e. The Morgan fingerprint density at radius 2 is 2.17 bits per heavy atom. The van der Waals surface area contributed by atoms with Crippen molar-refractivity contribution in [1.82, 2.24) is 9.78 Å². The molecule has 0 spiro atoms. The van der Waals surface area contributed by atoms with E-state index < -0.39 is 0 Å². The number of hydrogen-bond acceptors (Lipinski definition) is 3. The molecule has 0 unspecified atom stereocenters. The van der Waals surface area contributed by atoms with Crippen molar-refractivity contribution in [3.63, 3.8) is 0 Å². The standard InChI is InChI=1S/C14H16N2O2/c1-10-14(9-17)11(2)16(15-10)8-12-5-4-6-13(7-12)18-3/h4-7,9H,8H2,1-3H3. The summed E-state index contributed by atoms with van der Waals surface area (Å²) in [7, 11) is 1.65. The number of aromatic nitrogens is 2. The fourth-order valence-electron chi connectivity index (χ4n) is 1.98. The highest BCUT2D eigenvalue weighted by molar-refractivity contribution is 5.78. The van der Waals surface area contributed by atoms with Crippen LogP contribution in [0.25, 0.3) is 0 Å². The normalized spacial score (nSPS) is 10.4. The number of benzene rings is 1. The van der Waals surface area contributed by atoms with Gasteiger partial charge in [0.25, 0.3) is 0 Å². The Balaban J connectivity index is 2.31. The Kier molecular flexibility index (Phi) is 3.46. The van der Waals surface area contributed by atoms with Gasteiger partial charge in [0, 0.05) is 5.69 Å². The smallest absolute Gasteiger partial charge is 0.153 e. The highest BCUT2D eigenvalue weighted by atomic mass is 16.5. The Hall–Kier alpha value is -2.10. The summed E-state index contributed by atoms with van der Waals surface area (Å²) in [6.07, 6.45) is 0.861. The number of rotatable bonds is 4. The monoisotopic (exact) mass is 244 g/mol. The maximum atomic E-state index is 10.9. The molecule has 4 heteroatoms. The lowest BCUT2D eigenvalue weighted by atomic mass is 10.2. The van der Waals surface area contributed by atoms with Gasteiger partial charge in [-0.05, 0) is 31.5 Å². The molecule has 0 aliphatic heterocycles. The van der Waals surface area contributed by atoms with E-state index in [1.54, 1.807) is 7.11 Å². The molecule has 0 amide bonds. The van der Waals surface area contributed by atoms with Crippen LogP contribution in [-0.2, 0) is 6.54 Å². The van der Waals surface area contributed by atoms with Crippen LogP contribution in [0.2, 0.25) is 0 Å². The SMILES string of the molecule is COc1cccc(Cn2nc(C)c(C=O)c2C)c1. The summed E-state index contributed by atoms with van der Waals surface area (Å²) in [5.74, 6) is 0.824. The van der Waals surface area contributed by atoms with Crippen LogP contribution in [0.4, 0.5) is 0 Å². The van der Waals surface area contributed by atoms with Crippen LogP contribution in [0.5, 0.6) is 5.75 Å². The fraction of sp³-hybridized carbons (Fsp3) is 0.286. The summed E-state index contributed by atoms with van der Waals surface area (Å²) in [6.45, 7) is 4.39. The molecule has 0 saturated carbocycles. The van der Waals surface area contributed by atoms with Crippen LogP contribution in [-0.4, -0.2) is 23.2 Å². The molecule has 0 N–H and O–H groups in total. The second kappa shape index (κ2) is 5.04. The van der Waals surface area contributed by atoms with E-state index in [2.05, 4.69) is 5.10 Å². The predicted octanol–water partition coefficient (Wildman–Crippen LogP) is 2.37. The Morgan fingerprint density at radius 3 is 2.78 bits per heavy atom. The van der Waals surface area contributed by atoms with Crippen molar-refractivity contribution in [3.8, 4) is 5.75 Å². The molecule has 94 valence electrons. The molecular formula is C14H16N2O2. The topological polar surface area (TPSA) is 44.1 Å². The number of methoxy groups -OCH3 is 1. The number of ether oxygens (including phenoxy) is 1. The van der Waals surface area contributed by atoms with E-state index in [0.29, 0.717) is 12.1 Å². The third-order valence-electron chi connectivity index (χ3n) is 3.02. The highest BCUT2D eigenvalue weighted by Gasteiger charge is 2.10. The maximum absolute atomic E-state index is 10.9. The van der Waals surface area contributed by atoms with Gasteiger partial charge in [0.2, 0.25) is 0 Å². The molecule has 18 heavy (non-hydrogen) atoms. The molecule has 0 aliphatic carbocycles. The fourth-order valence-corrected chi connectivity index (χ4v) is 1.98. The van der Waals surface area contributed by atoms with Crippen molar-refractivity contribution >= 4 is 6.29 Å². The van der Waals surface area contributed by atoms with Crippen molar-refractivity contribution in [2.24, 2.45) is 0 Å². The first-order valence-corrected chi connectivity index (χ1v) is 5.78. The number of carbonyl (C=O) groups is 1. The third-order valence-corrected chi connectivity index (χ3v) is 3.02. The lowest BCUT2D eigenvalue weighted by Gasteiger charge is -2.06. The summed E-state index contributed by atoms with van der Waals surface area (Å²) < 4.78 is 7.03. The van der Waals surface area contributed by atoms with Crippen LogP contribution in [0.1, 0.15) is 27.3 Å². The van der Waals surface area contributed by atoms with Crippen LogP contribution in [0, 0.1) is 13.8 Å². The van der Waals surface area contributed by atoms with Gasteiger partial charge in [-0.25, -0.2) is 0 Å². The van der Waals surface area contributed by atoms with Gasteiger partial charge in [-0.3, -0.25) is 9.48 Å². The number of aldehydes is 1. The molecule has 1 heterocycles. The van der Waals surface area contributed by atoms with Crippen LogP contribution in [0.15, 0.2) is 24.3 Å². The first-order valence-electron chi connectivity index (χ1n) is 5.78. The Bertz CT molecular complexity index is 573. The summed E-state index contributed by atoms with van der Waals surface area (Å²) >= 11 is 0. The van der Waals surface area contributed by atoms with E-state index in [0.717, 1.165) is 29.0 Å². The van der Waals surface area contributed by atoms with Crippen molar-refractivity contribution in [3.05, 3.63) is 46.8 Å². The lowest BCUT2D eigenvalue weighted by Crippen LogP contribution is -2.04. The van der Waals surface area contributed by atoms with E-state index in [9.17, 15) is 4.79 Å². The quantitative estimate of drug-likeness (QED) is 0.775. The Morgan fingerprint density at radius 1 is 1.39 bits per heavy atom. The van der Waals surface area contributed by atoms with Crippen LogP contribution < -0.4 is 4.74 Å². The zero-order valence-corrected chi connectivity index (χ0v) is 10.8. The van der Waals surface area contributed by atoms with Crippen LogP contribution in [0.3, 0.4) is 0 Å². The molecular weight excluding hydrogens is 228 g/mol. The van der Waals surface area contributed by atoms with Crippen LogP contribution >= 0.6 is 0 Å². The Labute approximate surface area is 106 Å². The van der Waals surface area contributed by atoms with Gasteiger partial charge in [0.15, 0.2) is 6.29 Å². The van der Waals surface area contributed by atoms with E-state index in [4.69, 9.17) is 4.74 Å². The van der Waals surface area contributed by atoms with Gasteiger partial charge in [-0.15, -0.1) is 0 Å². The minimum Gasteiger partial charge on any atom is -0.497 e. The molecule has 0 aliphatic rings. The summed E-state index contributed by atoms with van der Waals surface area (Å²) in [5, 5.41) is 4.38. The molecule has 4 nitrogen and oxygen atoms in total.